The second kappa shape index (κ2) is 14.9. The molecule has 3 aromatic carbocycles. The number of hydrogen-bond acceptors (Lipinski definition) is 7. The van der Waals surface area contributed by atoms with E-state index in [1.165, 1.54) is 17.8 Å². The van der Waals surface area contributed by atoms with Crippen molar-refractivity contribution in [1.29, 1.82) is 0 Å². The van der Waals surface area contributed by atoms with Crippen LogP contribution in [0, 0.1) is 5.92 Å². The van der Waals surface area contributed by atoms with Crippen LogP contribution < -0.4 is 16.4 Å². The molecule has 236 valence electrons. The summed E-state index contributed by atoms with van der Waals surface area (Å²) in [5, 5.41) is 13.3. The maximum Gasteiger partial charge on any atom is 0.490 e. The van der Waals surface area contributed by atoms with E-state index in [0.717, 1.165) is 35.9 Å². The highest BCUT2D eigenvalue weighted by Gasteiger charge is 2.38. The molecule has 1 unspecified atom stereocenters. The smallest absolute Gasteiger partial charge is 0.475 e. The lowest BCUT2D eigenvalue weighted by Gasteiger charge is -2.20. The molecule has 5 N–H and O–H groups in total. The molecule has 1 fully saturated rings. The first-order chi connectivity index (χ1) is 21.5. The number of amides is 2. The number of rotatable bonds is 8. The largest absolute Gasteiger partial charge is 0.490 e. The summed E-state index contributed by atoms with van der Waals surface area (Å²) in [5.41, 5.74) is 9.15. The maximum atomic E-state index is 13.7. The Morgan fingerprint density at radius 1 is 0.956 bits per heavy atom. The van der Waals surface area contributed by atoms with Crippen molar-refractivity contribution in [1.82, 2.24) is 10.3 Å². The molecule has 4 aromatic rings. The van der Waals surface area contributed by atoms with Crippen LogP contribution in [0.2, 0.25) is 0 Å². The number of carboxylic acid groups (broad SMARTS) is 1. The Balaban J connectivity index is 0.000000591. The predicted octanol–water partition coefficient (Wildman–Crippen LogP) is 6.26. The number of aliphatic carboxylic acids is 1. The van der Waals surface area contributed by atoms with E-state index in [1.54, 1.807) is 24.3 Å². The van der Waals surface area contributed by atoms with Gasteiger partial charge in [0, 0.05) is 23.7 Å². The number of carbonyl (C=O) groups is 4. The highest BCUT2D eigenvalue weighted by Crippen LogP contribution is 2.30. The number of carboxylic acids is 1. The number of nitrogens with zero attached hydrogens (tertiary/aromatic N) is 1. The van der Waals surface area contributed by atoms with Crippen LogP contribution in [0.25, 0.3) is 10.2 Å². The van der Waals surface area contributed by atoms with Gasteiger partial charge >= 0.3 is 12.1 Å². The number of nitrogens with one attached hydrogen (secondary N) is 2. The van der Waals surface area contributed by atoms with E-state index >= 15 is 0 Å². The first-order valence-corrected chi connectivity index (χ1v) is 15.0. The number of carbonyl (C=O) groups excluding carboxylic acids is 3. The molecule has 5 rings (SSSR count). The summed E-state index contributed by atoms with van der Waals surface area (Å²) in [7, 11) is 0. The van der Waals surface area contributed by atoms with Gasteiger partial charge in [0.15, 0.2) is 5.01 Å². The molecule has 1 saturated carbocycles. The van der Waals surface area contributed by atoms with Crippen molar-refractivity contribution in [3.63, 3.8) is 0 Å². The number of anilines is 1. The normalized spacial score (nSPS) is 14.1. The number of benzene rings is 3. The average Bonchev–Trinajstić information content (AvgIpc) is 3.47. The van der Waals surface area contributed by atoms with Gasteiger partial charge in [-0.2, -0.15) is 13.2 Å². The molecule has 1 heterocycles. The third-order valence-corrected chi connectivity index (χ3v) is 8.24. The van der Waals surface area contributed by atoms with Crippen LogP contribution in [-0.4, -0.2) is 39.8 Å². The number of thiazole rings is 1. The minimum Gasteiger partial charge on any atom is -0.475 e. The van der Waals surface area contributed by atoms with E-state index in [1.807, 2.05) is 48.5 Å². The Hall–Kier alpha value is -4.62. The molecule has 0 aliphatic heterocycles. The molecule has 1 atom stereocenters. The Labute approximate surface area is 260 Å². The second-order valence-electron chi connectivity index (χ2n) is 10.4. The van der Waals surface area contributed by atoms with Gasteiger partial charge in [-0.1, -0.05) is 61.7 Å². The topological polar surface area (TPSA) is 151 Å². The zero-order chi connectivity index (χ0) is 32.6. The lowest BCUT2D eigenvalue weighted by molar-refractivity contribution is -0.192. The summed E-state index contributed by atoms with van der Waals surface area (Å²) in [6, 6.07) is 20.7. The SMILES string of the molecule is NCc1ccc(C(NC(=O)c2ccccc2)C(=O)c2nc3ccc(NC(=O)C4CCCCC4)cc3s2)cc1.O=C(O)C(F)(F)F. The quantitative estimate of drug-likeness (QED) is 0.166. The Morgan fingerprint density at radius 3 is 2.20 bits per heavy atom. The average molecular weight is 641 g/mol. The van der Waals surface area contributed by atoms with Crippen LogP contribution in [0.4, 0.5) is 18.9 Å². The number of hydrogen-bond donors (Lipinski definition) is 4. The first-order valence-electron chi connectivity index (χ1n) is 14.2. The van der Waals surface area contributed by atoms with Crippen molar-refractivity contribution >= 4 is 50.8 Å². The molecule has 9 nitrogen and oxygen atoms in total. The molecule has 1 aliphatic carbocycles. The molecule has 1 aliphatic rings. The fourth-order valence-electron chi connectivity index (χ4n) is 4.79. The number of Topliss-reactive ketones (excluding diaryl/α,β-unsaturated/α-hetero) is 1. The van der Waals surface area contributed by atoms with Crippen molar-refractivity contribution < 1.29 is 37.5 Å². The van der Waals surface area contributed by atoms with Crippen molar-refractivity contribution in [3.8, 4) is 0 Å². The van der Waals surface area contributed by atoms with E-state index in [-0.39, 0.29) is 28.5 Å². The van der Waals surface area contributed by atoms with Gasteiger partial charge in [-0.05, 0) is 54.3 Å². The molecule has 0 bridgehead atoms. The van der Waals surface area contributed by atoms with E-state index in [4.69, 9.17) is 15.6 Å². The fourth-order valence-corrected chi connectivity index (χ4v) is 5.77. The molecule has 45 heavy (non-hydrogen) atoms. The summed E-state index contributed by atoms with van der Waals surface area (Å²) >= 11 is 1.25. The summed E-state index contributed by atoms with van der Waals surface area (Å²) in [6.07, 6.45) is 0.144. The predicted molar refractivity (Wildman–Crippen MR) is 164 cm³/mol. The second-order valence-corrected chi connectivity index (χ2v) is 11.4. The van der Waals surface area contributed by atoms with Gasteiger partial charge in [0.25, 0.3) is 5.91 Å². The van der Waals surface area contributed by atoms with Crippen LogP contribution in [0.3, 0.4) is 0 Å². The van der Waals surface area contributed by atoms with Crippen LogP contribution in [0.15, 0.2) is 72.8 Å². The molecule has 1 aromatic heterocycles. The fraction of sp³-hybridized carbons (Fsp3) is 0.281. The monoisotopic (exact) mass is 640 g/mol. The van der Waals surface area contributed by atoms with E-state index in [0.29, 0.717) is 28.9 Å². The molecule has 0 saturated heterocycles. The van der Waals surface area contributed by atoms with Gasteiger partial charge in [-0.15, -0.1) is 11.3 Å². The zero-order valence-corrected chi connectivity index (χ0v) is 24.8. The van der Waals surface area contributed by atoms with Crippen LogP contribution in [0.5, 0.6) is 0 Å². The number of halogens is 3. The number of nitrogens with two attached hydrogens (primary N) is 1. The van der Waals surface area contributed by atoms with Gasteiger partial charge in [-0.25, -0.2) is 9.78 Å². The van der Waals surface area contributed by atoms with Crippen molar-refractivity contribution in [2.75, 3.05) is 5.32 Å². The lowest BCUT2D eigenvalue weighted by Crippen LogP contribution is -2.34. The van der Waals surface area contributed by atoms with Crippen molar-refractivity contribution in [3.05, 3.63) is 94.5 Å². The molecule has 0 radical (unpaired) electrons. The lowest BCUT2D eigenvalue weighted by atomic mass is 9.88. The minimum atomic E-state index is -5.08. The third-order valence-electron chi connectivity index (χ3n) is 7.21. The Bertz CT molecular complexity index is 1650. The van der Waals surface area contributed by atoms with E-state index in [2.05, 4.69) is 15.6 Å². The summed E-state index contributed by atoms with van der Waals surface area (Å²) in [6.45, 7) is 0.382. The van der Waals surface area contributed by atoms with Gasteiger partial charge in [0.1, 0.15) is 6.04 Å². The third kappa shape index (κ3) is 8.96. The van der Waals surface area contributed by atoms with E-state index in [9.17, 15) is 27.6 Å². The van der Waals surface area contributed by atoms with Crippen LogP contribution in [0.1, 0.15) is 69.4 Å². The first kappa shape index (κ1) is 33.3. The molecule has 2 amide bonds. The van der Waals surface area contributed by atoms with Gasteiger partial charge < -0.3 is 21.5 Å². The van der Waals surface area contributed by atoms with E-state index < -0.39 is 18.2 Å². The maximum absolute atomic E-state index is 13.7. The molecular weight excluding hydrogens is 609 g/mol. The molecule has 0 spiro atoms. The number of fused-ring (bicyclic) bond motifs is 1. The van der Waals surface area contributed by atoms with Crippen molar-refractivity contribution in [2.24, 2.45) is 11.7 Å². The number of aromatic nitrogens is 1. The van der Waals surface area contributed by atoms with Crippen LogP contribution >= 0.6 is 11.3 Å². The highest BCUT2D eigenvalue weighted by atomic mass is 32.1. The summed E-state index contributed by atoms with van der Waals surface area (Å²) < 4.78 is 32.5. The number of alkyl halides is 3. The van der Waals surface area contributed by atoms with Crippen LogP contribution in [-0.2, 0) is 16.1 Å². The van der Waals surface area contributed by atoms with Gasteiger partial charge in [-0.3, -0.25) is 14.4 Å². The Morgan fingerprint density at radius 2 is 1.60 bits per heavy atom. The van der Waals surface area contributed by atoms with Crippen molar-refractivity contribution in [2.45, 2.75) is 50.9 Å². The summed E-state index contributed by atoms with van der Waals surface area (Å²) in [4.78, 5) is 52.9. The summed E-state index contributed by atoms with van der Waals surface area (Å²) in [5.74, 6) is -3.30. The van der Waals surface area contributed by atoms with Gasteiger partial charge in [0.05, 0.1) is 10.2 Å². The Kier molecular flexibility index (Phi) is 11.0. The minimum absolute atomic E-state index is 0.0504. The van der Waals surface area contributed by atoms with Gasteiger partial charge in [0.2, 0.25) is 11.7 Å². The zero-order valence-electron chi connectivity index (χ0n) is 24.0. The standard InChI is InChI=1S/C30H30N4O3S.C2HF3O2/c31-18-19-11-13-20(14-12-19)26(34-29(37)22-9-5-2-6-10-22)27(35)30-33-24-16-15-23(17-25(24)38-30)32-28(36)21-7-3-1-4-8-21;3-2(4,5)1(6)7/h2,5-6,9-17,21,26H,1,3-4,7-8,18,31H2,(H,32,36)(H,34,37);(H,6,7). The highest BCUT2D eigenvalue weighted by molar-refractivity contribution is 7.20. The number of ketones is 1. The molecule has 13 heteroatoms. The molecular formula is C32H31F3N4O5S.